The third kappa shape index (κ3) is 5.62. The topological polar surface area (TPSA) is 42.2 Å². The van der Waals surface area contributed by atoms with Gasteiger partial charge >= 0.3 is 5.97 Å². The fraction of sp³-hybridized carbons (Fsp3) is 0.609. The van der Waals surface area contributed by atoms with Crippen LogP contribution in [0.5, 0.6) is 0 Å². The van der Waals surface area contributed by atoms with Crippen molar-refractivity contribution in [1.82, 2.24) is 4.57 Å². The number of fused-ring (bicyclic) bond motifs is 1. The second-order valence-corrected chi connectivity index (χ2v) is 7.31. The number of unbranched alkanes of at least 4 members (excludes halogenated alkanes) is 6. The Kier molecular flexibility index (Phi) is 8.73. The Hall–Kier alpha value is -1.77. The average Bonchev–Trinajstić information content (AvgIpc) is 2.94. The first-order valence-electron chi connectivity index (χ1n) is 10.5. The van der Waals surface area contributed by atoms with E-state index in [1.165, 1.54) is 48.7 Å². The van der Waals surface area contributed by atoms with Gasteiger partial charge in [0.2, 0.25) is 0 Å². The van der Waals surface area contributed by atoms with E-state index in [2.05, 4.69) is 42.7 Å². The molecule has 0 fully saturated rings. The number of rotatable bonds is 13. The molecule has 2 aromatic rings. The molecule has 0 aliphatic heterocycles. The maximum Gasteiger partial charge on any atom is 0.303 e. The highest BCUT2D eigenvalue weighted by Gasteiger charge is 2.15. The zero-order valence-corrected chi connectivity index (χ0v) is 16.6. The summed E-state index contributed by atoms with van der Waals surface area (Å²) in [6, 6.07) is 8.84. The summed E-state index contributed by atoms with van der Waals surface area (Å²) in [6.07, 6.45) is 11.9. The summed E-state index contributed by atoms with van der Waals surface area (Å²) in [5.74, 6) is -0.675. The Morgan fingerprint density at radius 3 is 2.35 bits per heavy atom. The third-order valence-electron chi connectivity index (χ3n) is 5.34. The van der Waals surface area contributed by atoms with Crippen LogP contribution in [0.15, 0.2) is 24.3 Å². The number of carboxylic acids is 1. The van der Waals surface area contributed by atoms with E-state index in [0.29, 0.717) is 6.42 Å². The van der Waals surface area contributed by atoms with Gasteiger partial charge in [-0.05, 0) is 50.7 Å². The Balaban J connectivity index is 2.07. The first kappa shape index (κ1) is 20.5. The molecule has 3 heteroatoms. The summed E-state index contributed by atoms with van der Waals surface area (Å²) in [5, 5.41) is 10.2. The molecule has 0 saturated heterocycles. The predicted molar refractivity (Wildman–Crippen MR) is 110 cm³/mol. The second-order valence-electron chi connectivity index (χ2n) is 7.31. The minimum Gasteiger partial charge on any atom is -0.481 e. The summed E-state index contributed by atoms with van der Waals surface area (Å²) in [5.41, 5.74) is 4.45. The van der Waals surface area contributed by atoms with Crippen LogP contribution < -0.4 is 0 Å². The lowest BCUT2D eigenvalue weighted by Crippen LogP contribution is -2.03. The Labute approximate surface area is 158 Å². The number of para-hydroxylation sites is 1. The van der Waals surface area contributed by atoms with Crippen molar-refractivity contribution in [3.8, 4) is 0 Å². The van der Waals surface area contributed by atoms with Gasteiger partial charge in [-0.15, -0.1) is 0 Å². The van der Waals surface area contributed by atoms with Crippen LogP contribution in [-0.4, -0.2) is 15.6 Å². The van der Waals surface area contributed by atoms with Gasteiger partial charge < -0.3 is 9.67 Å². The molecule has 26 heavy (non-hydrogen) atoms. The van der Waals surface area contributed by atoms with E-state index >= 15 is 0 Å². The molecule has 1 N–H and O–H groups in total. The molecule has 0 atom stereocenters. The fourth-order valence-electron chi connectivity index (χ4n) is 4.00. The first-order chi connectivity index (χ1) is 12.7. The van der Waals surface area contributed by atoms with Crippen molar-refractivity contribution in [2.24, 2.45) is 0 Å². The molecule has 0 saturated carbocycles. The quantitative estimate of drug-likeness (QED) is 0.424. The van der Waals surface area contributed by atoms with Crippen molar-refractivity contribution in [2.75, 3.05) is 0 Å². The molecule has 0 spiro atoms. The zero-order valence-electron chi connectivity index (χ0n) is 16.6. The van der Waals surface area contributed by atoms with E-state index < -0.39 is 5.97 Å². The van der Waals surface area contributed by atoms with Crippen LogP contribution in [-0.2, 0) is 24.2 Å². The molecular formula is C23H35NO2. The van der Waals surface area contributed by atoms with Gasteiger partial charge in [-0.1, -0.05) is 57.2 Å². The summed E-state index contributed by atoms with van der Waals surface area (Å²) in [6.45, 7) is 5.52. The SMILES string of the molecule is CCCCCCc1c(CCCCCCC(=O)O)n(CC)c2ccccc12. The van der Waals surface area contributed by atoms with Crippen LogP contribution in [0.25, 0.3) is 10.9 Å². The highest BCUT2D eigenvalue weighted by Crippen LogP contribution is 2.29. The Bertz CT molecular complexity index is 687. The molecule has 144 valence electrons. The summed E-state index contributed by atoms with van der Waals surface area (Å²) < 4.78 is 2.50. The first-order valence-corrected chi connectivity index (χ1v) is 10.5. The molecule has 0 aliphatic rings. The third-order valence-corrected chi connectivity index (χ3v) is 5.34. The Morgan fingerprint density at radius 1 is 0.923 bits per heavy atom. The van der Waals surface area contributed by atoms with Gasteiger partial charge in [-0.2, -0.15) is 0 Å². The number of nitrogens with zero attached hydrogens (tertiary/aromatic N) is 1. The van der Waals surface area contributed by atoms with Crippen LogP contribution >= 0.6 is 0 Å². The average molecular weight is 358 g/mol. The van der Waals surface area contributed by atoms with E-state index in [9.17, 15) is 4.79 Å². The summed E-state index contributed by atoms with van der Waals surface area (Å²) in [7, 11) is 0. The van der Waals surface area contributed by atoms with E-state index in [-0.39, 0.29) is 0 Å². The van der Waals surface area contributed by atoms with Crippen molar-refractivity contribution >= 4 is 16.9 Å². The molecule has 0 aliphatic carbocycles. The molecule has 3 nitrogen and oxygen atoms in total. The molecule has 2 rings (SSSR count). The van der Waals surface area contributed by atoms with Gasteiger partial charge in [0.25, 0.3) is 0 Å². The monoisotopic (exact) mass is 357 g/mol. The van der Waals surface area contributed by atoms with E-state index in [1.807, 2.05) is 0 Å². The maximum absolute atomic E-state index is 10.6. The van der Waals surface area contributed by atoms with Crippen LogP contribution in [0, 0.1) is 0 Å². The lowest BCUT2D eigenvalue weighted by molar-refractivity contribution is -0.137. The minimum atomic E-state index is -0.675. The molecule has 1 aromatic heterocycles. The number of carbonyl (C=O) groups is 1. The summed E-state index contributed by atoms with van der Waals surface area (Å²) in [4.78, 5) is 10.6. The van der Waals surface area contributed by atoms with Gasteiger partial charge in [0.15, 0.2) is 0 Å². The number of aryl methyl sites for hydroxylation is 2. The largest absolute Gasteiger partial charge is 0.481 e. The van der Waals surface area contributed by atoms with Crippen molar-refractivity contribution in [3.63, 3.8) is 0 Å². The minimum absolute atomic E-state index is 0.303. The van der Waals surface area contributed by atoms with Gasteiger partial charge in [-0.25, -0.2) is 0 Å². The molecule has 0 amide bonds. The van der Waals surface area contributed by atoms with Crippen molar-refractivity contribution < 1.29 is 9.90 Å². The molecule has 0 radical (unpaired) electrons. The molecule has 1 aromatic carbocycles. The highest BCUT2D eigenvalue weighted by molar-refractivity contribution is 5.85. The lowest BCUT2D eigenvalue weighted by atomic mass is 10.00. The number of aromatic nitrogens is 1. The normalized spacial score (nSPS) is 11.3. The zero-order chi connectivity index (χ0) is 18.8. The van der Waals surface area contributed by atoms with Gasteiger partial charge in [-0.3, -0.25) is 4.79 Å². The van der Waals surface area contributed by atoms with Gasteiger partial charge in [0.05, 0.1) is 0 Å². The number of carboxylic acid groups (broad SMARTS) is 1. The van der Waals surface area contributed by atoms with Crippen molar-refractivity contribution in [1.29, 1.82) is 0 Å². The number of hydrogen-bond donors (Lipinski definition) is 1. The highest BCUT2D eigenvalue weighted by atomic mass is 16.4. The van der Waals surface area contributed by atoms with Crippen LogP contribution in [0.3, 0.4) is 0 Å². The molecule has 0 bridgehead atoms. The maximum atomic E-state index is 10.6. The number of hydrogen-bond acceptors (Lipinski definition) is 1. The van der Waals surface area contributed by atoms with Crippen LogP contribution in [0.4, 0.5) is 0 Å². The molecular weight excluding hydrogens is 322 g/mol. The molecule has 1 heterocycles. The Morgan fingerprint density at radius 2 is 1.62 bits per heavy atom. The number of benzene rings is 1. The van der Waals surface area contributed by atoms with Gasteiger partial charge in [0, 0.05) is 29.6 Å². The second kappa shape index (κ2) is 11.1. The van der Waals surface area contributed by atoms with E-state index in [4.69, 9.17) is 5.11 Å². The van der Waals surface area contributed by atoms with Crippen molar-refractivity contribution in [2.45, 2.75) is 91.0 Å². The smallest absolute Gasteiger partial charge is 0.303 e. The predicted octanol–water partition coefficient (Wildman–Crippen LogP) is 6.36. The van der Waals surface area contributed by atoms with Crippen LogP contribution in [0.1, 0.15) is 82.9 Å². The molecule has 0 unspecified atom stereocenters. The number of aliphatic carboxylic acids is 1. The van der Waals surface area contributed by atoms with E-state index in [1.54, 1.807) is 5.56 Å². The van der Waals surface area contributed by atoms with Crippen molar-refractivity contribution in [3.05, 3.63) is 35.5 Å². The van der Waals surface area contributed by atoms with E-state index in [0.717, 1.165) is 38.6 Å². The standard InChI is InChI=1S/C23H35NO2/c1-3-5-6-9-14-19-20-15-12-13-17-22(20)24(4-2)21(19)16-10-7-8-11-18-23(25)26/h12-13,15,17H,3-11,14,16,18H2,1-2H3,(H,25,26). The summed E-state index contributed by atoms with van der Waals surface area (Å²) >= 11 is 0. The van der Waals surface area contributed by atoms with Gasteiger partial charge in [0.1, 0.15) is 0 Å². The fourth-order valence-corrected chi connectivity index (χ4v) is 4.00. The lowest BCUT2D eigenvalue weighted by Gasteiger charge is -2.11. The van der Waals surface area contributed by atoms with Crippen LogP contribution in [0.2, 0.25) is 0 Å².